The summed E-state index contributed by atoms with van der Waals surface area (Å²) < 4.78 is 94.2. The van der Waals surface area contributed by atoms with Crippen molar-refractivity contribution in [3.63, 3.8) is 0 Å². The van der Waals surface area contributed by atoms with Gasteiger partial charge in [0.05, 0.1) is 60.9 Å². The standard InChI is InChI=1S/C54H72O8Si2.C49H64O7Si2.CH4/c1-12-38(56-11)37-45-47(61-63(53(5,6)7,40-25-17-13-18-26-40)41-27-19-14-20-28-41)48-49(60-45)50(46-44(59-48)34-33-39(58-46)35-36-57-51(55)52(2,3)4)62-64(54(8,9)10,42-29-21-15-22-30-42)43-31-23-16-24-32-43;1-9-35(51-8)34-42-44(55-57(48(2,3)4,37-22-14-10-15-23-37)38-24-16-11-17-25-38)45-46(54-42)47(43-41(53-45)31-30-36(52-43)32-33-50)56-58(49(5,6)7,39-26-18-12-19-27-39)40-28-20-13-21-29-40;/h12-32,38-39,44-50H,1,33-37H2,2-11H3;9-29,35-36,41-47,50H,1,30-34H2,2-8H3;1H4/t38?,39?,44-,45+,46-,47-,48-,49+,50-;35?,36?,41-,42+,43-,44-,45-,46+,47-;/m00./s1. The SMILES string of the molecule is C.C=CC(C[C@H]1O[C@H]2[C@@H](O[Si](c3ccccc3)(c3ccccc3)C(C)(C)C)[C@H]3OC(CCO)CC[C@@H]3O[C@H]2[C@H]1O[Si](c1ccccc1)(c1ccccc1)C(C)(C)C)OC.C=CC(C[C@H]1O[C@H]2[C@@H](O[Si](c3ccccc3)(c3ccccc3)C(C)(C)C)[C@H]3OC(CCOC(=O)C(C)(C)C)CC[C@@H]3O[C@H]2[C@H]1O[Si](c1ccccc1)(c1ccccc1)C(C)(C)C)OC. The van der Waals surface area contributed by atoms with Crippen LogP contribution in [0.1, 0.15) is 163 Å². The van der Waals surface area contributed by atoms with Crippen LogP contribution < -0.4 is 41.5 Å². The third kappa shape index (κ3) is 19.6. The Morgan fingerprint density at radius 2 is 0.610 bits per heavy atom. The molecule has 1 N–H and O–H groups in total. The van der Waals surface area contributed by atoms with E-state index >= 15 is 0 Å². The van der Waals surface area contributed by atoms with Crippen LogP contribution in [0.5, 0.6) is 0 Å². The molecule has 0 amide bonds. The molecular weight excluding hydrogens is 1600 g/mol. The molecule has 6 aliphatic heterocycles. The molecule has 8 aromatic carbocycles. The first-order valence-electron chi connectivity index (χ1n) is 44.5. The van der Waals surface area contributed by atoms with Gasteiger partial charge in [0.2, 0.25) is 0 Å². The van der Waals surface area contributed by atoms with Crippen molar-refractivity contribution >= 4 is 80.7 Å². The van der Waals surface area contributed by atoms with Crippen molar-refractivity contribution in [1.82, 2.24) is 0 Å². The molecule has 6 fully saturated rings. The van der Waals surface area contributed by atoms with Crippen LogP contribution >= 0.6 is 0 Å². The second-order valence-corrected chi connectivity index (χ2v) is 56.3. The van der Waals surface area contributed by atoms with E-state index in [2.05, 4.69) is 339 Å². The second-order valence-electron chi connectivity index (χ2n) is 39.3. The molecule has 15 nitrogen and oxygen atoms in total. The maximum absolute atomic E-state index is 12.8. The van der Waals surface area contributed by atoms with E-state index in [4.69, 9.17) is 60.3 Å². The molecule has 123 heavy (non-hydrogen) atoms. The predicted octanol–water partition coefficient (Wildman–Crippen LogP) is 16.1. The van der Waals surface area contributed by atoms with Crippen LogP contribution in [0.2, 0.25) is 20.2 Å². The Bertz CT molecular complexity index is 4440. The van der Waals surface area contributed by atoms with Gasteiger partial charge in [-0.2, -0.15) is 0 Å². The Hall–Kier alpha value is -6.94. The monoisotopic (exact) mass is 1740 g/mol. The fourth-order valence-corrected chi connectivity index (χ4v) is 39.2. The third-order valence-electron chi connectivity index (χ3n) is 26.3. The number of carbonyl (C=O) groups is 1. The third-order valence-corrected chi connectivity index (χ3v) is 46.5. The fraction of sp³-hybridized carbons (Fsp3) is 0.490. The largest absolute Gasteiger partial charge is 0.465 e. The van der Waals surface area contributed by atoms with Gasteiger partial charge in [0, 0.05) is 40.1 Å². The number of carbonyl (C=O) groups excluding carboxylic acids is 1. The van der Waals surface area contributed by atoms with Crippen LogP contribution in [0.15, 0.2) is 268 Å². The van der Waals surface area contributed by atoms with Crippen LogP contribution in [-0.2, 0) is 65.1 Å². The Labute approximate surface area is 739 Å². The molecule has 0 radical (unpaired) electrons. The molecule has 0 aromatic heterocycles. The molecule has 14 rings (SSSR count). The molecule has 0 saturated carbocycles. The van der Waals surface area contributed by atoms with Gasteiger partial charge in [0.25, 0.3) is 33.3 Å². The number of hydrogen-bond donors (Lipinski definition) is 1. The van der Waals surface area contributed by atoms with E-state index in [1.165, 1.54) is 41.5 Å². The fourth-order valence-electron chi connectivity index (χ4n) is 20.4. The second kappa shape index (κ2) is 40.2. The molecule has 0 aliphatic carbocycles. The Morgan fingerprint density at radius 3 is 0.837 bits per heavy atom. The highest BCUT2D eigenvalue weighted by atomic mass is 28.4. The van der Waals surface area contributed by atoms with Gasteiger partial charge in [-0.3, -0.25) is 4.79 Å². The van der Waals surface area contributed by atoms with E-state index in [-0.39, 0.29) is 83.4 Å². The van der Waals surface area contributed by atoms with Gasteiger partial charge in [-0.1, -0.05) is 345 Å². The highest BCUT2D eigenvalue weighted by molar-refractivity contribution is 7.01. The minimum atomic E-state index is -3.19. The topological polar surface area (TPSA) is 157 Å². The quantitative estimate of drug-likeness (QED) is 0.0268. The number of rotatable bonds is 29. The lowest BCUT2D eigenvalue weighted by Crippen LogP contribution is -2.73. The van der Waals surface area contributed by atoms with Gasteiger partial charge in [-0.25, -0.2) is 0 Å². The number of aliphatic hydroxyl groups excluding tert-OH is 1. The van der Waals surface area contributed by atoms with Gasteiger partial charge in [-0.15, -0.1) is 13.2 Å². The summed E-state index contributed by atoms with van der Waals surface area (Å²) in [7, 11) is -9.09. The zero-order valence-electron chi connectivity index (χ0n) is 75.3. The Kier molecular flexibility index (Phi) is 31.1. The van der Waals surface area contributed by atoms with E-state index in [1.54, 1.807) is 14.2 Å². The van der Waals surface area contributed by atoms with Crippen LogP contribution in [0.4, 0.5) is 0 Å². The van der Waals surface area contributed by atoms with Crippen LogP contribution in [-0.4, -0.2) is 182 Å². The van der Waals surface area contributed by atoms with E-state index in [9.17, 15) is 9.90 Å². The molecule has 0 spiro atoms. The molecule has 6 saturated heterocycles. The normalized spacial score (nSPS) is 26.2. The summed E-state index contributed by atoms with van der Waals surface area (Å²) in [5.41, 5.74) is -0.587. The number of esters is 1. The summed E-state index contributed by atoms with van der Waals surface area (Å²) in [6.45, 7) is 42.0. The molecule has 4 unspecified atom stereocenters. The average Bonchev–Trinajstić information content (AvgIpc) is 1.62. The minimum absolute atomic E-state index is 0. The number of ether oxygens (including phenoxy) is 9. The molecule has 6 heterocycles. The highest BCUT2D eigenvalue weighted by Crippen LogP contribution is 2.52. The lowest BCUT2D eigenvalue weighted by Gasteiger charge is -2.53. The van der Waals surface area contributed by atoms with Crippen LogP contribution in [0.25, 0.3) is 0 Å². The lowest BCUT2D eigenvalue weighted by atomic mass is 9.88. The number of methoxy groups -OCH3 is 2. The van der Waals surface area contributed by atoms with Gasteiger partial charge >= 0.3 is 5.97 Å². The highest BCUT2D eigenvalue weighted by Gasteiger charge is 2.68. The molecular formula is C104H140O15Si4. The number of aliphatic hydroxyl groups is 1. The first-order valence-corrected chi connectivity index (χ1v) is 52.1. The maximum atomic E-state index is 12.8. The molecule has 662 valence electrons. The van der Waals surface area contributed by atoms with Crippen LogP contribution in [0.3, 0.4) is 0 Å². The van der Waals surface area contributed by atoms with Gasteiger partial charge < -0.3 is 65.4 Å². The van der Waals surface area contributed by atoms with Crippen LogP contribution in [0, 0.1) is 5.41 Å². The molecule has 19 heteroatoms. The smallest absolute Gasteiger partial charge is 0.311 e. The van der Waals surface area contributed by atoms with Gasteiger partial charge in [0.15, 0.2) is 0 Å². The van der Waals surface area contributed by atoms with Gasteiger partial charge in [0.1, 0.15) is 61.0 Å². The first kappa shape index (κ1) is 95.2. The van der Waals surface area contributed by atoms with Crippen molar-refractivity contribution in [3.05, 3.63) is 268 Å². The van der Waals surface area contributed by atoms with Crippen molar-refractivity contribution < 1.29 is 70.2 Å². The molecule has 6 aliphatic rings. The minimum Gasteiger partial charge on any atom is -0.465 e. The van der Waals surface area contributed by atoms with Gasteiger partial charge in [-0.05, 0) is 115 Å². The summed E-state index contributed by atoms with van der Waals surface area (Å²) in [6.07, 6.45) is 1.80. The van der Waals surface area contributed by atoms with E-state index in [0.29, 0.717) is 25.7 Å². The summed E-state index contributed by atoms with van der Waals surface area (Å²) in [5.74, 6) is -0.218. The zero-order chi connectivity index (χ0) is 87.1. The average molecular weight is 1740 g/mol. The number of benzene rings is 8. The van der Waals surface area contributed by atoms with Crippen molar-refractivity contribution in [2.75, 3.05) is 27.4 Å². The van der Waals surface area contributed by atoms with Crippen molar-refractivity contribution in [2.45, 2.75) is 293 Å². The lowest BCUT2D eigenvalue weighted by molar-refractivity contribution is -0.256. The Balaban J connectivity index is 0.000000224. The molecule has 18 atom stereocenters. The number of hydrogen-bond acceptors (Lipinski definition) is 15. The summed E-state index contributed by atoms with van der Waals surface area (Å²) in [5, 5.41) is 18.4. The Morgan fingerprint density at radius 1 is 0.366 bits per heavy atom. The molecule has 0 bridgehead atoms. The van der Waals surface area contributed by atoms with Crippen molar-refractivity contribution in [1.29, 1.82) is 0 Å². The summed E-state index contributed by atoms with van der Waals surface area (Å²) in [4.78, 5) is 12.8. The van der Waals surface area contributed by atoms with E-state index < -0.39 is 112 Å². The van der Waals surface area contributed by atoms with Crippen molar-refractivity contribution in [3.8, 4) is 0 Å². The number of fused-ring (bicyclic) bond motifs is 4. The summed E-state index contributed by atoms with van der Waals surface area (Å²) >= 11 is 0. The van der Waals surface area contributed by atoms with E-state index in [0.717, 1.165) is 25.7 Å². The van der Waals surface area contributed by atoms with E-state index in [1.807, 2.05) is 32.9 Å². The predicted molar refractivity (Wildman–Crippen MR) is 505 cm³/mol. The molecule has 8 aromatic rings. The van der Waals surface area contributed by atoms with Crippen molar-refractivity contribution in [2.24, 2.45) is 5.41 Å². The first-order chi connectivity index (χ1) is 58.3. The maximum Gasteiger partial charge on any atom is 0.311 e. The zero-order valence-corrected chi connectivity index (χ0v) is 79.3. The summed E-state index contributed by atoms with van der Waals surface area (Å²) in [6, 6.07) is 86.2.